The first-order chi connectivity index (χ1) is 12.8. The molecule has 1 amide bonds. The van der Waals surface area contributed by atoms with Crippen LogP contribution in [0.5, 0.6) is 0 Å². The van der Waals surface area contributed by atoms with Crippen molar-refractivity contribution in [3.63, 3.8) is 0 Å². The first kappa shape index (κ1) is 16.9. The van der Waals surface area contributed by atoms with Gasteiger partial charge in [0.15, 0.2) is 5.82 Å². The number of nitrogens with one attached hydrogen (secondary N) is 1. The minimum atomic E-state index is -0.102. The lowest BCUT2D eigenvalue weighted by Gasteiger charge is -2.23. The van der Waals surface area contributed by atoms with Crippen molar-refractivity contribution < 1.29 is 4.79 Å². The largest absolute Gasteiger partial charge is 0.344 e. The average molecular weight is 363 g/mol. The van der Waals surface area contributed by atoms with Crippen molar-refractivity contribution in [1.29, 1.82) is 0 Å². The third kappa shape index (κ3) is 3.68. The van der Waals surface area contributed by atoms with Crippen LogP contribution in [0.1, 0.15) is 47.0 Å². The second-order valence-corrected chi connectivity index (χ2v) is 7.65. The van der Waals surface area contributed by atoms with Gasteiger partial charge in [0.05, 0.1) is 11.6 Å². The molecule has 1 saturated carbocycles. The predicted octanol–water partition coefficient (Wildman–Crippen LogP) is 4.87. The zero-order valence-corrected chi connectivity index (χ0v) is 15.3. The topological polar surface area (TPSA) is 54.9 Å². The fourth-order valence-corrected chi connectivity index (χ4v) is 4.46. The summed E-state index contributed by atoms with van der Waals surface area (Å²) in [6.07, 6.45) is 8.07. The highest BCUT2D eigenvalue weighted by Crippen LogP contribution is 2.37. The Morgan fingerprint density at radius 1 is 1.04 bits per heavy atom. The SMILES string of the molecule is O=C(NC(c1cccs1)C1CCCC1)c1cnc(-c2ccccc2)nc1. The van der Waals surface area contributed by atoms with Crippen LogP contribution in [0.2, 0.25) is 0 Å². The molecule has 0 saturated heterocycles. The van der Waals surface area contributed by atoms with Gasteiger partial charge in [0.2, 0.25) is 0 Å². The molecule has 3 aromatic rings. The van der Waals surface area contributed by atoms with Gasteiger partial charge < -0.3 is 5.32 Å². The monoisotopic (exact) mass is 363 g/mol. The van der Waals surface area contributed by atoms with Crippen molar-refractivity contribution in [1.82, 2.24) is 15.3 Å². The summed E-state index contributed by atoms with van der Waals surface area (Å²) >= 11 is 1.71. The fraction of sp³-hybridized carbons (Fsp3) is 0.286. The number of aromatic nitrogens is 2. The molecule has 1 fully saturated rings. The Morgan fingerprint density at radius 3 is 2.42 bits per heavy atom. The lowest BCUT2D eigenvalue weighted by molar-refractivity contribution is 0.0922. The number of carbonyl (C=O) groups excluding carboxylic acids is 1. The second kappa shape index (κ2) is 7.79. The maximum absolute atomic E-state index is 12.8. The van der Waals surface area contributed by atoms with E-state index in [-0.39, 0.29) is 11.9 Å². The Hall–Kier alpha value is -2.53. The van der Waals surface area contributed by atoms with Gasteiger partial charge in [0, 0.05) is 22.8 Å². The highest BCUT2D eigenvalue weighted by Gasteiger charge is 2.28. The maximum Gasteiger partial charge on any atom is 0.254 e. The number of nitrogens with zero attached hydrogens (tertiary/aromatic N) is 2. The molecule has 1 atom stereocenters. The summed E-state index contributed by atoms with van der Waals surface area (Å²) in [6.45, 7) is 0. The van der Waals surface area contributed by atoms with Crippen LogP contribution in [-0.2, 0) is 0 Å². The van der Waals surface area contributed by atoms with E-state index in [1.165, 1.54) is 30.6 Å². The summed E-state index contributed by atoms with van der Waals surface area (Å²) in [5.74, 6) is 1.05. The third-order valence-corrected chi connectivity index (χ3v) is 5.91. The van der Waals surface area contributed by atoms with Gasteiger partial charge in [-0.3, -0.25) is 4.79 Å². The molecule has 4 nitrogen and oxygen atoms in total. The van der Waals surface area contributed by atoms with Crippen LogP contribution in [0.3, 0.4) is 0 Å². The number of hydrogen-bond acceptors (Lipinski definition) is 4. The third-order valence-electron chi connectivity index (χ3n) is 4.95. The molecular formula is C21H21N3OS. The molecule has 4 rings (SSSR count). The molecule has 5 heteroatoms. The summed E-state index contributed by atoms with van der Waals surface area (Å²) in [4.78, 5) is 22.7. The molecule has 132 valence electrons. The normalized spacial score (nSPS) is 15.7. The van der Waals surface area contributed by atoms with Crippen LogP contribution in [0.15, 0.2) is 60.2 Å². The molecule has 1 aliphatic rings. The quantitative estimate of drug-likeness (QED) is 0.704. The van der Waals surface area contributed by atoms with Crippen molar-refractivity contribution in [3.05, 3.63) is 70.7 Å². The molecule has 0 aliphatic heterocycles. The van der Waals surface area contributed by atoms with E-state index >= 15 is 0 Å². The molecule has 1 unspecified atom stereocenters. The number of carbonyl (C=O) groups is 1. The van der Waals surface area contributed by atoms with Crippen molar-refractivity contribution >= 4 is 17.2 Å². The first-order valence-electron chi connectivity index (χ1n) is 9.03. The van der Waals surface area contributed by atoms with E-state index in [1.54, 1.807) is 23.7 Å². The summed E-state index contributed by atoms with van der Waals surface area (Å²) in [6, 6.07) is 14.0. The zero-order chi connectivity index (χ0) is 17.8. The lowest BCUT2D eigenvalue weighted by atomic mass is 9.96. The predicted molar refractivity (Wildman–Crippen MR) is 104 cm³/mol. The second-order valence-electron chi connectivity index (χ2n) is 6.67. The molecule has 0 radical (unpaired) electrons. The van der Waals surface area contributed by atoms with Gasteiger partial charge in [-0.2, -0.15) is 0 Å². The van der Waals surface area contributed by atoms with Crippen LogP contribution in [0.25, 0.3) is 11.4 Å². The van der Waals surface area contributed by atoms with Crippen LogP contribution in [0.4, 0.5) is 0 Å². The van der Waals surface area contributed by atoms with Gasteiger partial charge in [-0.15, -0.1) is 11.3 Å². The number of thiophene rings is 1. The van der Waals surface area contributed by atoms with E-state index < -0.39 is 0 Å². The molecule has 1 aromatic carbocycles. The van der Waals surface area contributed by atoms with Gasteiger partial charge in [-0.25, -0.2) is 9.97 Å². The van der Waals surface area contributed by atoms with Crippen LogP contribution < -0.4 is 5.32 Å². The summed E-state index contributed by atoms with van der Waals surface area (Å²) in [7, 11) is 0. The minimum absolute atomic E-state index is 0.0822. The van der Waals surface area contributed by atoms with Crippen LogP contribution >= 0.6 is 11.3 Å². The van der Waals surface area contributed by atoms with Crippen molar-refractivity contribution in [2.45, 2.75) is 31.7 Å². The lowest BCUT2D eigenvalue weighted by Crippen LogP contribution is -2.32. The standard InChI is InChI=1S/C21H21N3OS/c25-21(17-13-22-20(23-14-17)16-9-2-1-3-10-16)24-19(15-7-4-5-8-15)18-11-6-12-26-18/h1-3,6,9-15,19H,4-5,7-8H2,(H,24,25). The van der Waals surface area contributed by atoms with Crippen LogP contribution in [-0.4, -0.2) is 15.9 Å². The van der Waals surface area contributed by atoms with E-state index in [0.717, 1.165) is 5.56 Å². The van der Waals surface area contributed by atoms with Crippen molar-refractivity contribution in [2.24, 2.45) is 5.92 Å². The Bertz CT molecular complexity index is 841. The smallest absolute Gasteiger partial charge is 0.254 e. The molecule has 1 N–H and O–H groups in total. The van der Waals surface area contributed by atoms with Gasteiger partial charge in [0.1, 0.15) is 0 Å². The molecule has 0 bridgehead atoms. The van der Waals surface area contributed by atoms with E-state index in [1.807, 2.05) is 36.4 Å². The van der Waals surface area contributed by atoms with E-state index in [2.05, 4.69) is 26.7 Å². The molecule has 2 aromatic heterocycles. The average Bonchev–Trinajstić information content (AvgIpc) is 3.41. The molecule has 2 heterocycles. The fourth-order valence-electron chi connectivity index (χ4n) is 3.59. The minimum Gasteiger partial charge on any atom is -0.344 e. The molecule has 26 heavy (non-hydrogen) atoms. The Labute approximate surface area is 157 Å². The van der Waals surface area contributed by atoms with Crippen molar-refractivity contribution in [3.8, 4) is 11.4 Å². The molecule has 0 spiro atoms. The van der Waals surface area contributed by atoms with Gasteiger partial charge in [-0.05, 0) is 30.2 Å². The van der Waals surface area contributed by atoms with E-state index in [0.29, 0.717) is 17.3 Å². The Balaban J connectivity index is 1.51. The van der Waals surface area contributed by atoms with Gasteiger partial charge in [-0.1, -0.05) is 49.2 Å². The number of rotatable bonds is 5. The van der Waals surface area contributed by atoms with E-state index in [9.17, 15) is 4.79 Å². The Kier molecular flexibility index (Phi) is 5.07. The molecule has 1 aliphatic carbocycles. The zero-order valence-electron chi connectivity index (χ0n) is 14.5. The molecular weight excluding hydrogens is 342 g/mol. The maximum atomic E-state index is 12.8. The van der Waals surface area contributed by atoms with E-state index in [4.69, 9.17) is 0 Å². The van der Waals surface area contributed by atoms with Crippen LogP contribution in [0, 0.1) is 5.92 Å². The van der Waals surface area contributed by atoms with Crippen molar-refractivity contribution in [2.75, 3.05) is 0 Å². The number of hydrogen-bond donors (Lipinski definition) is 1. The van der Waals surface area contributed by atoms with Gasteiger partial charge in [0.25, 0.3) is 5.91 Å². The number of amides is 1. The highest BCUT2D eigenvalue weighted by molar-refractivity contribution is 7.10. The summed E-state index contributed by atoms with van der Waals surface area (Å²) in [5, 5.41) is 5.30. The first-order valence-corrected chi connectivity index (χ1v) is 9.91. The Morgan fingerprint density at radius 2 is 1.77 bits per heavy atom. The highest BCUT2D eigenvalue weighted by atomic mass is 32.1. The summed E-state index contributed by atoms with van der Waals surface area (Å²) < 4.78 is 0. The van der Waals surface area contributed by atoms with Gasteiger partial charge >= 0.3 is 0 Å². The summed E-state index contributed by atoms with van der Waals surface area (Å²) in [5.41, 5.74) is 1.45. The number of benzene rings is 1.